The van der Waals surface area contributed by atoms with Crippen LogP contribution < -0.4 is 0 Å². The topological polar surface area (TPSA) is 45.4 Å². The Kier molecular flexibility index (Phi) is 12.7. The van der Waals surface area contributed by atoms with Gasteiger partial charge in [0.25, 0.3) is 0 Å². The van der Waals surface area contributed by atoms with Gasteiger partial charge in [0, 0.05) is 12.8 Å². The fraction of sp³-hybridized carbons (Fsp3) is 0.846. The van der Waals surface area contributed by atoms with Gasteiger partial charge in [-0.05, 0) is 12.8 Å². The summed E-state index contributed by atoms with van der Waals surface area (Å²) in [6.07, 6.45) is 11.1. The number of oxime groups is 1. The van der Waals surface area contributed by atoms with Gasteiger partial charge in [0.2, 0.25) is 0 Å². The smallest absolute Gasteiger partial charge is 0.145 e. The van der Waals surface area contributed by atoms with Gasteiger partial charge in [-0.2, -0.15) is 5.26 Å². The van der Waals surface area contributed by atoms with Crippen molar-refractivity contribution in [2.24, 2.45) is 5.16 Å². The summed E-state index contributed by atoms with van der Waals surface area (Å²) >= 11 is 5.79. The first-order valence-electron chi connectivity index (χ1n) is 6.43. The Morgan fingerprint density at radius 1 is 1.06 bits per heavy atom. The first kappa shape index (κ1) is 16.2. The molecule has 3 nitrogen and oxygen atoms in total. The zero-order valence-electron chi connectivity index (χ0n) is 10.8. The Morgan fingerprint density at radius 2 is 1.59 bits per heavy atom. The van der Waals surface area contributed by atoms with Gasteiger partial charge >= 0.3 is 0 Å². The second kappa shape index (κ2) is 13.3. The normalized spacial score (nSPS) is 11.2. The minimum atomic E-state index is 0.559. The van der Waals surface area contributed by atoms with Gasteiger partial charge in [-0.15, -0.1) is 0 Å². The van der Waals surface area contributed by atoms with E-state index in [0.29, 0.717) is 11.6 Å². The van der Waals surface area contributed by atoms with Crippen LogP contribution in [-0.4, -0.2) is 12.3 Å². The fourth-order valence-electron chi connectivity index (χ4n) is 1.68. The van der Waals surface area contributed by atoms with Gasteiger partial charge in [0.15, 0.2) is 0 Å². The summed E-state index contributed by atoms with van der Waals surface area (Å²) in [6, 6.07) is 2.17. The van der Waals surface area contributed by atoms with Crippen molar-refractivity contribution in [2.45, 2.75) is 64.2 Å². The quantitative estimate of drug-likeness (QED) is 0.309. The van der Waals surface area contributed by atoms with Gasteiger partial charge in [-0.3, -0.25) is 0 Å². The van der Waals surface area contributed by atoms with E-state index in [4.69, 9.17) is 16.9 Å². The maximum atomic E-state index is 8.37. The van der Waals surface area contributed by atoms with Crippen molar-refractivity contribution in [1.29, 1.82) is 5.26 Å². The molecule has 17 heavy (non-hydrogen) atoms. The number of unbranched alkanes of at least 4 members (excludes halogenated alkanes) is 8. The van der Waals surface area contributed by atoms with E-state index in [-0.39, 0.29) is 0 Å². The van der Waals surface area contributed by atoms with Crippen LogP contribution in [0.1, 0.15) is 64.2 Å². The highest BCUT2D eigenvalue weighted by Crippen LogP contribution is 2.11. The lowest BCUT2D eigenvalue weighted by Crippen LogP contribution is -1.89. The standard InChI is InChI=1S/C13H23ClN2O/c1-17-16-13(14)11-9-7-5-3-2-4-6-8-10-12-15/h2-11H2,1H3/b16-13-. The largest absolute Gasteiger partial charge is 0.398 e. The van der Waals surface area contributed by atoms with Crippen molar-refractivity contribution in [2.75, 3.05) is 7.11 Å². The zero-order chi connectivity index (χ0) is 12.8. The molecule has 4 heteroatoms. The number of hydrogen-bond donors (Lipinski definition) is 0. The Hall–Kier alpha value is -0.750. The Balaban J connectivity index is 3.09. The third-order valence-corrected chi connectivity index (χ3v) is 2.87. The van der Waals surface area contributed by atoms with Crippen molar-refractivity contribution in [3.8, 4) is 6.07 Å². The second-order valence-corrected chi connectivity index (χ2v) is 4.57. The molecular weight excluding hydrogens is 236 g/mol. The molecule has 0 saturated heterocycles. The van der Waals surface area contributed by atoms with Crippen molar-refractivity contribution >= 4 is 16.8 Å². The molecule has 0 atom stereocenters. The summed E-state index contributed by atoms with van der Waals surface area (Å²) in [5.74, 6) is 0. The highest BCUT2D eigenvalue weighted by atomic mass is 35.5. The predicted molar refractivity (Wildman–Crippen MR) is 72.1 cm³/mol. The molecule has 0 spiro atoms. The van der Waals surface area contributed by atoms with Crippen molar-refractivity contribution in [3.63, 3.8) is 0 Å². The average molecular weight is 259 g/mol. The van der Waals surface area contributed by atoms with Crippen LogP contribution in [0.15, 0.2) is 5.16 Å². The Labute approximate surface area is 110 Å². The van der Waals surface area contributed by atoms with Crippen molar-refractivity contribution in [1.82, 2.24) is 0 Å². The molecule has 0 unspecified atom stereocenters. The van der Waals surface area contributed by atoms with Gasteiger partial charge < -0.3 is 4.84 Å². The number of nitriles is 1. The van der Waals surface area contributed by atoms with Crippen LogP contribution in [0.25, 0.3) is 0 Å². The third-order valence-electron chi connectivity index (χ3n) is 2.61. The predicted octanol–water partition coefficient (Wildman–Crippen LogP) is 4.61. The lowest BCUT2D eigenvalue weighted by molar-refractivity contribution is 0.213. The van der Waals surface area contributed by atoms with E-state index in [0.717, 1.165) is 19.3 Å². The molecule has 0 amide bonds. The van der Waals surface area contributed by atoms with E-state index < -0.39 is 0 Å². The molecular formula is C13H23ClN2O. The van der Waals surface area contributed by atoms with E-state index in [1.807, 2.05) is 0 Å². The second-order valence-electron chi connectivity index (χ2n) is 4.14. The molecule has 0 heterocycles. The van der Waals surface area contributed by atoms with E-state index >= 15 is 0 Å². The lowest BCUT2D eigenvalue weighted by atomic mass is 10.1. The van der Waals surface area contributed by atoms with Crippen LogP contribution in [-0.2, 0) is 4.84 Å². The summed E-state index contributed by atoms with van der Waals surface area (Å²) in [7, 11) is 1.51. The van der Waals surface area contributed by atoms with E-state index in [1.54, 1.807) is 0 Å². The minimum Gasteiger partial charge on any atom is -0.398 e. The van der Waals surface area contributed by atoms with E-state index in [2.05, 4.69) is 16.1 Å². The van der Waals surface area contributed by atoms with Crippen LogP contribution in [0.5, 0.6) is 0 Å². The van der Waals surface area contributed by atoms with Crippen LogP contribution in [0.3, 0.4) is 0 Å². The SMILES string of the molecule is CO/N=C(\Cl)CCCCCCCCCCC#N. The van der Waals surface area contributed by atoms with Crippen LogP contribution in [0.4, 0.5) is 0 Å². The molecule has 98 valence electrons. The van der Waals surface area contributed by atoms with Crippen molar-refractivity contribution in [3.05, 3.63) is 0 Å². The van der Waals surface area contributed by atoms with E-state index in [1.165, 1.54) is 45.6 Å². The maximum absolute atomic E-state index is 8.37. The van der Waals surface area contributed by atoms with Gasteiger partial charge in [0.1, 0.15) is 12.3 Å². The summed E-state index contributed by atoms with van der Waals surface area (Å²) in [6.45, 7) is 0. The first-order chi connectivity index (χ1) is 8.31. The zero-order valence-corrected chi connectivity index (χ0v) is 11.5. The molecule has 0 bridgehead atoms. The van der Waals surface area contributed by atoms with Crippen molar-refractivity contribution < 1.29 is 4.84 Å². The lowest BCUT2D eigenvalue weighted by Gasteiger charge is -2.01. The number of rotatable bonds is 11. The number of nitrogens with zero attached hydrogens (tertiary/aromatic N) is 2. The molecule has 0 aliphatic carbocycles. The molecule has 0 aromatic carbocycles. The fourth-order valence-corrected chi connectivity index (χ4v) is 1.88. The number of hydrogen-bond acceptors (Lipinski definition) is 3. The summed E-state index contributed by atoms with van der Waals surface area (Å²) < 4.78 is 0. The maximum Gasteiger partial charge on any atom is 0.145 e. The Bertz CT molecular complexity index is 236. The number of halogens is 1. The average Bonchev–Trinajstić information content (AvgIpc) is 2.32. The molecule has 0 rings (SSSR count). The molecule has 0 N–H and O–H groups in total. The molecule has 0 aliphatic heterocycles. The summed E-state index contributed by atoms with van der Waals surface area (Å²) in [5.41, 5.74) is 0. The Morgan fingerprint density at radius 3 is 2.12 bits per heavy atom. The highest BCUT2D eigenvalue weighted by molar-refractivity contribution is 6.65. The highest BCUT2D eigenvalue weighted by Gasteiger charge is 1.96. The van der Waals surface area contributed by atoms with Crippen LogP contribution in [0, 0.1) is 11.3 Å². The molecule has 0 aromatic rings. The van der Waals surface area contributed by atoms with Crippen LogP contribution in [0.2, 0.25) is 0 Å². The van der Waals surface area contributed by atoms with E-state index in [9.17, 15) is 0 Å². The molecule has 0 saturated carbocycles. The molecule has 0 aromatic heterocycles. The molecule has 0 aliphatic rings. The monoisotopic (exact) mass is 258 g/mol. The molecule has 0 radical (unpaired) electrons. The van der Waals surface area contributed by atoms with Gasteiger partial charge in [-0.1, -0.05) is 55.3 Å². The summed E-state index contributed by atoms with van der Waals surface area (Å²) in [5, 5.41) is 12.6. The van der Waals surface area contributed by atoms with Gasteiger partial charge in [0.05, 0.1) is 6.07 Å². The molecule has 0 fully saturated rings. The minimum absolute atomic E-state index is 0.559. The van der Waals surface area contributed by atoms with Crippen LogP contribution >= 0.6 is 11.6 Å². The van der Waals surface area contributed by atoms with Gasteiger partial charge in [-0.25, -0.2) is 0 Å². The first-order valence-corrected chi connectivity index (χ1v) is 6.81. The summed E-state index contributed by atoms with van der Waals surface area (Å²) in [4.78, 5) is 4.58. The third kappa shape index (κ3) is 13.2.